The number of halogens is 2. The van der Waals surface area contributed by atoms with Gasteiger partial charge in [0.15, 0.2) is 29.1 Å². The fourth-order valence-corrected chi connectivity index (χ4v) is 17.2. The summed E-state index contributed by atoms with van der Waals surface area (Å²) in [6, 6.07) is 14.1. The molecule has 0 saturated carbocycles. The number of phenols is 4. The van der Waals surface area contributed by atoms with E-state index in [9.17, 15) is 65.8 Å². The van der Waals surface area contributed by atoms with Crippen molar-refractivity contribution in [2.24, 2.45) is 0 Å². The van der Waals surface area contributed by atoms with Gasteiger partial charge in [-0.3, -0.25) is 38.4 Å². The molecule has 8 aromatic carbocycles. The minimum Gasteiger partial charge on any atom is -0.508 e. The number of carbonyl (C=O) groups is 8. The Kier molecular flexibility index (Phi) is 32.0. The highest BCUT2D eigenvalue weighted by Crippen LogP contribution is 2.51. The largest absolute Gasteiger partial charge is 0.508 e. The number of rotatable bonds is 25. The van der Waals surface area contributed by atoms with Gasteiger partial charge in [0.05, 0.1) is 28.8 Å². The van der Waals surface area contributed by atoms with Crippen LogP contribution in [-0.2, 0) is 60.8 Å². The number of amides is 8. The third kappa shape index (κ3) is 22.6. The lowest BCUT2D eigenvalue weighted by Crippen LogP contribution is -2.66. The van der Waals surface area contributed by atoms with Gasteiger partial charge in [0, 0.05) is 54.9 Å². The Hall–Kier alpha value is -12.4. The number of aliphatic hydroxyl groups excluding tert-OH is 7. The topological polar surface area (TPSA) is 560 Å². The van der Waals surface area contributed by atoms with Crippen molar-refractivity contribution in [3.05, 3.63) is 194 Å². The van der Waals surface area contributed by atoms with Gasteiger partial charge in [0.2, 0.25) is 59.7 Å². The number of likely N-dealkylation sites (N-methyl/N-ethyl adjacent to an activating group) is 1. The quantitative estimate of drug-likeness (QED) is 0.0353. The van der Waals surface area contributed by atoms with Gasteiger partial charge in [-0.2, -0.15) is 0 Å². The molecule has 0 aromatic heterocycles. The van der Waals surface area contributed by atoms with Gasteiger partial charge in [-0.05, 0) is 198 Å². The molecule has 0 aliphatic carbocycles. The van der Waals surface area contributed by atoms with Crippen LogP contribution in [0.2, 0.25) is 10.0 Å². The molecule has 16 rings (SSSR count). The lowest BCUT2D eigenvalue weighted by atomic mass is 9.89. The number of benzene rings is 8. The van der Waals surface area contributed by atoms with Crippen LogP contribution < -0.4 is 81.6 Å². The van der Waals surface area contributed by atoms with Crippen molar-refractivity contribution in [3.63, 3.8) is 0 Å². The Labute approximate surface area is 791 Å². The molecule has 19 atom stereocenters. The number of nitrogens with one attached hydrogen (secondary N) is 10. The summed E-state index contributed by atoms with van der Waals surface area (Å²) in [5, 5.41) is 156. The molecule has 2 saturated heterocycles. The Morgan fingerprint density at radius 1 is 0.544 bits per heavy atom. The molecule has 41 heteroatoms. The first-order valence-corrected chi connectivity index (χ1v) is 45.2. The standard InChI is InChI=1S/C95H110Cl2N12O27/c1-8-10-13-51(9-2)129-52-23-16-45(17-24-52)42-101-77-80(117)82(119)85(93(128)100-29-12-31-109(6)7)136-94(77)135-84-66-36-49-37-67(84)132-63-27-20-48(34-58(63)96)78(115)76-92(127)106-74(87(122)99-28-11-30-108(4)5)56-38-50(111)39-65(133-95-83(120)81(118)79(116)68(43-110)134-95)69(56)55-33-46(18-25-60(55)112)72(89(124)107-76)103-90(125)73(49)104-91(126)75-57-40-54(41-62(114)70(57)97)131-64-35-47(19-26-61(64)113)71(98-3)88(123)102-59(86(121)105-75)32-44-14-21-53(130-66)22-15-44/h14-27,33-41,51,59,68,71-83,85,94-95,98,101,110-120H,8-13,28-32,42-43H2,1-7H3,(H,99,122)(H,100,128)(H,102,123)(H,103,125)(H,104,126)(H,105,121)(H,106,127)(H,107,124)/t51?,59-,68-,71-,72-,73-,74+,75+,76?,77?,78-,79-,80-,81+,82?,83+,85?,94-,95+/m1/s1. The van der Waals surface area contributed by atoms with Crippen LogP contribution in [0.5, 0.6) is 74.7 Å². The second kappa shape index (κ2) is 43.7. The van der Waals surface area contributed by atoms with Crippen LogP contribution in [0.1, 0.15) is 133 Å². The van der Waals surface area contributed by atoms with Gasteiger partial charge in [0.1, 0.15) is 131 Å². The van der Waals surface area contributed by atoms with Crippen LogP contribution in [0, 0.1) is 0 Å². The molecule has 726 valence electrons. The Morgan fingerprint density at radius 2 is 1.18 bits per heavy atom. The van der Waals surface area contributed by atoms with Gasteiger partial charge in [0.25, 0.3) is 5.91 Å². The van der Waals surface area contributed by atoms with Crippen molar-refractivity contribution >= 4 is 70.5 Å². The summed E-state index contributed by atoms with van der Waals surface area (Å²) in [7, 11) is 8.66. The van der Waals surface area contributed by atoms with E-state index in [1.54, 1.807) is 38.4 Å². The lowest BCUT2D eigenvalue weighted by Gasteiger charge is -2.42. The van der Waals surface area contributed by atoms with Gasteiger partial charge < -0.3 is 157 Å². The van der Waals surface area contributed by atoms with E-state index < -0.39 is 247 Å². The first kappa shape index (κ1) is 99.5. The van der Waals surface area contributed by atoms with Crippen LogP contribution >= 0.6 is 23.2 Å². The molecule has 0 radical (unpaired) electrons. The predicted octanol–water partition coefficient (Wildman–Crippen LogP) is 4.40. The zero-order valence-corrected chi connectivity index (χ0v) is 76.6. The van der Waals surface area contributed by atoms with Crippen LogP contribution in [0.3, 0.4) is 0 Å². The molecule has 2 fully saturated rings. The fraction of sp³-hybridized carbons (Fsp3) is 0.411. The van der Waals surface area contributed by atoms with E-state index in [-0.39, 0.29) is 71.8 Å². The predicted molar refractivity (Wildman–Crippen MR) is 488 cm³/mol. The molecular weight excluding hydrogens is 1810 g/mol. The maximum Gasteiger partial charge on any atom is 0.252 e. The zero-order chi connectivity index (χ0) is 97.4. The monoisotopic (exact) mass is 1920 g/mol. The molecule has 17 bridgehead atoms. The summed E-state index contributed by atoms with van der Waals surface area (Å²) in [4.78, 5) is 130. The number of phenolic OH excluding ortho intramolecular Hbond substituents is 4. The summed E-state index contributed by atoms with van der Waals surface area (Å²) >= 11 is 14.5. The van der Waals surface area contributed by atoms with Crippen molar-refractivity contribution in [1.29, 1.82) is 0 Å². The number of carbonyl (C=O) groups excluding carboxylic acids is 8. The first-order valence-electron chi connectivity index (χ1n) is 44.4. The van der Waals surface area contributed by atoms with Crippen molar-refractivity contribution < 1.29 is 132 Å². The first-order chi connectivity index (χ1) is 65.1. The van der Waals surface area contributed by atoms with E-state index in [2.05, 4.69) is 60.1 Å². The van der Waals surface area contributed by atoms with E-state index >= 15 is 28.8 Å². The van der Waals surface area contributed by atoms with Gasteiger partial charge in [-0.15, -0.1) is 0 Å². The SMILES string of the molecule is CCCCC(CC)Oc1ccc(CNC2[C@H](Oc3c4cc5cc3Oc3ccc(cc3Cl)[C@@H](O)C3NC(=O)[C@H](NC(=O)[C@@H]5NC(=O)[C@H]5NC(=O)[C@@H](Cc6ccc(cc6)O4)NC(=O)[C@H](NC)c4ccc(O)c(c4)Oc4cc(O)c(Cl)c5c4)c4ccc(O)c(c4)-c4c(O[C@H]5O[C@H](CO)[C@@H](O)[C@H](O)[C@@H]5O)cc(O)cc4[C@@H](C(=O)NCCCN(C)C)NC3=O)OC(C(=O)NCCCN(C)C)C(O)[C@@H]2O)cc1. The summed E-state index contributed by atoms with van der Waals surface area (Å²) in [6.45, 7) is 3.99. The van der Waals surface area contributed by atoms with Gasteiger partial charge >= 0.3 is 0 Å². The smallest absolute Gasteiger partial charge is 0.252 e. The number of ether oxygens (including phenoxy) is 8. The Balaban J connectivity index is 1.00. The number of nitrogens with zero attached hydrogens (tertiary/aromatic N) is 2. The van der Waals surface area contributed by atoms with E-state index in [1.807, 2.05) is 30.8 Å². The molecule has 39 nitrogen and oxygen atoms in total. The highest BCUT2D eigenvalue weighted by Gasteiger charge is 2.51. The normalized spacial score (nSPS) is 25.2. The number of aliphatic hydroxyl groups is 7. The summed E-state index contributed by atoms with van der Waals surface area (Å²) in [6.07, 6.45) is -16.2. The number of unbranched alkanes of at least 4 members (excludes halogenated alkanes) is 1. The maximum atomic E-state index is 17.0. The van der Waals surface area contributed by atoms with E-state index in [0.29, 0.717) is 42.8 Å². The number of hydrogen-bond donors (Lipinski definition) is 21. The Morgan fingerprint density at radius 3 is 1.86 bits per heavy atom. The highest BCUT2D eigenvalue weighted by atomic mass is 35.5. The molecule has 8 amide bonds. The van der Waals surface area contributed by atoms with Gasteiger partial charge in [-0.1, -0.05) is 92.4 Å². The average Bonchev–Trinajstić information content (AvgIpc) is 0.721. The summed E-state index contributed by atoms with van der Waals surface area (Å²) in [5.74, 6) is -15.0. The molecule has 8 aliphatic heterocycles. The average molecular weight is 1920 g/mol. The number of aromatic hydroxyl groups is 4. The Bertz CT molecular complexity index is 5730. The zero-order valence-electron chi connectivity index (χ0n) is 75.0. The van der Waals surface area contributed by atoms with E-state index in [1.165, 1.54) is 61.6 Å². The maximum absolute atomic E-state index is 17.0. The van der Waals surface area contributed by atoms with E-state index in [4.69, 9.17) is 61.1 Å². The van der Waals surface area contributed by atoms with Crippen molar-refractivity contribution in [2.45, 2.75) is 181 Å². The summed E-state index contributed by atoms with van der Waals surface area (Å²) in [5.41, 5.74) is -1.80. The summed E-state index contributed by atoms with van der Waals surface area (Å²) < 4.78 is 52.3. The van der Waals surface area contributed by atoms with Crippen LogP contribution in [0.4, 0.5) is 0 Å². The molecule has 5 unspecified atom stereocenters. The second-order valence-corrected chi connectivity index (χ2v) is 35.3. The van der Waals surface area contributed by atoms with Crippen LogP contribution in [0.15, 0.2) is 140 Å². The minimum atomic E-state index is -2.41. The molecule has 8 aliphatic rings. The van der Waals surface area contributed by atoms with Crippen molar-refractivity contribution in [2.75, 3.05) is 68.0 Å². The van der Waals surface area contributed by atoms with Crippen molar-refractivity contribution in [3.8, 4) is 85.9 Å². The van der Waals surface area contributed by atoms with Crippen molar-refractivity contribution in [1.82, 2.24) is 63.0 Å². The molecule has 8 heterocycles. The third-order valence-corrected chi connectivity index (χ3v) is 24.9. The second-order valence-electron chi connectivity index (χ2n) is 34.5. The highest BCUT2D eigenvalue weighted by molar-refractivity contribution is 6.33. The molecule has 0 spiro atoms. The van der Waals surface area contributed by atoms with Crippen LogP contribution in [-0.4, -0.2) is 261 Å². The number of hydrogen-bond acceptors (Lipinski definition) is 31. The molecule has 136 heavy (non-hydrogen) atoms. The molecule has 21 N–H and O–H groups in total. The van der Waals surface area contributed by atoms with Gasteiger partial charge in [-0.25, -0.2) is 0 Å². The van der Waals surface area contributed by atoms with E-state index in [0.717, 1.165) is 86.3 Å². The fourth-order valence-electron chi connectivity index (χ4n) is 16.8. The molecule has 8 aromatic rings. The van der Waals surface area contributed by atoms with Crippen LogP contribution in [0.25, 0.3) is 11.1 Å². The lowest BCUT2D eigenvalue weighted by molar-refractivity contribution is -0.277. The number of fused-ring (bicyclic) bond motifs is 14. The third-order valence-electron chi connectivity index (χ3n) is 24.2. The molecular formula is C95H110Cl2N12O27. The minimum absolute atomic E-state index is 0.0676.